The summed E-state index contributed by atoms with van der Waals surface area (Å²) < 4.78 is 0. The summed E-state index contributed by atoms with van der Waals surface area (Å²) in [5, 5.41) is 9.79. The standard InChI is InChI=1S/C16H25NO/c1-3-16(18)13-9-11-15(12-10-13)17(2)14-7-5-4-6-8-14/h9-12,14,16,18H,3-8H2,1-2H3/t16-/m0/s1. The number of anilines is 1. The molecule has 0 unspecified atom stereocenters. The van der Waals surface area contributed by atoms with Crippen molar-refractivity contribution in [1.29, 1.82) is 0 Å². The molecular weight excluding hydrogens is 222 g/mol. The summed E-state index contributed by atoms with van der Waals surface area (Å²) in [4.78, 5) is 2.40. The van der Waals surface area contributed by atoms with E-state index in [0.29, 0.717) is 6.04 Å². The first-order chi connectivity index (χ1) is 8.72. The average molecular weight is 247 g/mol. The van der Waals surface area contributed by atoms with Gasteiger partial charge in [-0.1, -0.05) is 38.3 Å². The highest BCUT2D eigenvalue weighted by atomic mass is 16.3. The second kappa shape index (κ2) is 6.24. The normalized spacial score (nSPS) is 18.6. The second-order valence-corrected chi connectivity index (χ2v) is 5.42. The van der Waals surface area contributed by atoms with Crippen molar-refractivity contribution in [2.45, 2.75) is 57.6 Å². The number of aliphatic hydroxyl groups is 1. The summed E-state index contributed by atoms with van der Waals surface area (Å²) in [6, 6.07) is 9.10. The van der Waals surface area contributed by atoms with Crippen LogP contribution in [0.25, 0.3) is 0 Å². The molecule has 0 radical (unpaired) electrons. The molecule has 1 aliphatic carbocycles. The van der Waals surface area contributed by atoms with Gasteiger partial charge >= 0.3 is 0 Å². The number of hydrogen-bond acceptors (Lipinski definition) is 2. The molecule has 1 aromatic rings. The van der Waals surface area contributed by atoms with Crippen molar-refractivity contribution in [2.24, 2.45) is 0 Å². The van der Waals surface area contributed by atoms with Crippen molar-refractivity contribution in [3.8, 4) is 0 Å². The van der Waals surface area contributed by atoms with Gasteiger partial charge < -0.3 is 10.0 Å². The molecule has 2 heteroatoms. The Kier molecular flexibility index (Phi) is 4.65. The van der Waals surface area contributed by atoms with Crippen LogP contribution >= 0.6 is 0 Å². The quantitative estimate of drug-likeness (QED) is 0.872. The molecule has 0 amide bonds. The number of benzene rings is 1. The van der Waals surface area contributed by atoms with E-state index in [2.05, 4.69) is 36.2 Å². The molecule has 2 rings (SSSR count). The molecule has 1 aliphatic rings. The highest BCUT2D eigenvalue weighted by Crippen LogP contribution is 2.27. The third kappa shape index (κ3) is 3.05. The molecule has 100 valence electrons. The molecule has 0 aliphatic heterocycles. The predicted molar refractivity (Wildman–Crippen MR) is 77.0 cm³/mol. The van der Waals surface area contributed by atoms with Gasteiger partial charge in [-0.05, 0) is 37.0 Å². The Hall–Kier alpha value is -1.02. The van der Waals surface area contributed by atoms with Crippen molar-refractivity contribution in [3.05, 3.63) is 29.8 Å². The van der Waals surface area contributed by atoms with E-state index in [9.17, 15) is 5.11 Å². The molecule has 1 fully saturated rings. The molecule has 0 aromatic heterocycles. The van der Waals surface area contributed by atoms with Crippen molar-refractivity contribution >= 4 is 5.69 Å². The summed E-state index contributed by atoms with van der Waals surface area (Å²) in [5.74, 6) is 0. The van der Waals surface area contributed by atoms with E-state index in [1.54, 1.807) is 0 Å². The maximum absolute atomic E-state index is 9.79. The zero-order valence-corrected chi connectivity index (χ0v) is 11.6. The topological polar surface area (TPSA) is 23.5 Å². The summed E-state index contributed by atoms with van der Waals surface area (Å²) in [6.07, 6.45) is 7.21. The summed E-state index contributed by atoms with van der Waals surface area (Å²) in [6.45, 7) is 2.01. The molecule has 1 aromatic carbocycles. The van der Waals surface area contributed by atoms with Gasteiger partial charge in [0.1, 0.15) is 0 Å². The van der Waals surface area contributed by atoms with Crippen LogP contribution in [0.3, 0.4) is 0 Å². The lowest BCUT2D eigenvalue weighted by molar-refractivity contribution is 0.173. The van der Waals surface area contributed by atoms with Crippen molar-refractivity contribution < 1.29 is 5.11 Å². The number of nitrogens with zero attached hydrogens (tertiary/aromatic N) is 1. The Labute approximate surface area is 111 Å². The minimum absolute atomic E-state index is 0.320. The summed E-state index contributed by atoms with van der Waals surface area (Å²) in [5.41, 5.74) is 2.30. The molecule has 18 heavy (non-hydrogen) atoms. The minimum Gasteiger partial charge on any atom is -0.388 e. The van der Waals surface area contributed by atoms with E-state index in [0.717, 1.165) is 12.0 Å². The Bertz CT molecular complexity index is 354. The fourth-order valence-electron chi connectivity index (χ4n) is 2.85. The van der Waals surface area contributed by atoms with Crippen LogP contribution < -0.4 is 4.90 Å². The molecule has 0 bridgehead atoms. The number of hydrogen-bond donors (Lipinski definition) is 1. The smallest absolute Gasteiger partial charge is 0.0787 e. The van der Waals surface area contributed by atoms with E-state index in [-0.39, 0.29) is 6.10 Å². The molecule has 1 saturated carbocycles. The van der Waals surface area contributed by atoms with E-state index in [1.165, 1.54) is 37.8 Å². The fourth-order valence-corrected chi connectivity index (χ4v) is 2.85. The van der Waals surface area contributed by atoms with E-state index in [4.69, 9.17) is 0 Å². The Morgan fingerprint density at radius 3 is 2.33 bits per heavy atom. The molecule has 0 heterocycles. The fraction of sp³-hybridized carbons (Fsp3) is 0.625. The Morgan fingerprint density at radius 1 is 1.17 bits per heavy atom. The largest absolute Gasteiger partial charge is 0.388 e. The van der Waals surface area contributed by atoms with Crippen LogP contribution in [0.15, 0.2) is 24.3 Å². The summed E-state index contributed by atoms with van der Waals surface area (Å²) in [7, 11) is 2.20. The first-order valence-corrected chi connectivity index (χ1v) is 7.23. The zero-order valence-electron chi connectivity index (χ0n) is 11.6. The van der Waals surface area contributed by atoms with Crippen molar-refractivity contribution in [3.63, 3.8) is 0 Å². The third-order valence-electron chi connectivity index (χ3n) is 4.19. The Balaban J connectivity index is 2.03. The third-order valence-corrected chi connectivity index (χ3v) is 4.19. The van der Waals surface area contributed by atoms with Crippen LogP contribution in [-0.2, 0) is 0 Å². The van der Waals surface area contributed by atoms with Crippen LogP contribution in [0, 0.1) is 0 Å². The van der Waals surface area contributed by atoms with Gasteiger partial charge in [0.05, 0.1) is 6.10 Å². The lowest BCUT2D eigenvalue weighted by Gasteiger charge is -2.33. The molecular formula is C16H25NO. The maximum atomic E-state index is 9.79. The van der Waals surface area contributed by atoms with Gasteiger partial charge in [-0.25, -0.2) is 0 Å². The molecule has 0 spiro atoms. The maximum Gasteiger partial charge on any atom is 0.0787 e. The van der Waals surface area contributed by atoms with Gasteiger partial charge in [-0.3, -0.25) is 0 Å². The number of aliphatic hydroxyl groups excluding tert-OH is 1. The van der Waals surface area contributed by atoms with Gasteiger partial charge in [0.2, 0.25) is 0 Å². The van der Waals surface area contributed by atoms with Crippen LogP contribution in [-0.4, -0.2) is 18.2 Å². The van der Waals surface area contributed by atoms with Gasteiger partial charge in [0.15, 0.2) is 0 Å². The Morgan fingerprint density at radius 2 is 1.78 bits per heavy atom. The van der Waals surface area contributed by atoms with Crippen LogP contribution in [0.2, 0.25) is 0 Å². The molecule has 1 N–H and O–H groups in total. The van der Waals surface area contributed by atoms with Gasteiger partial charge in [-0.15, -0.1) is 0 Å². The van der Waals surface area contributed by atoms with Crippen LogP contribution in [0.5, 0.6) is 0 Å². The zero-order chi connectivity index (χ0) is 13.0. The van der Waals surface area contributed by atoms with E-state index >= 15 is 0 Å². The first kappa shape index (κ1) is 13.4. The van der Waals surface area contributed by atoms with Crippen LogP contribution in [0.4, 0.5) is 5.69 Å². The van der Waals surface area contributed by atoms with Crippen molar-refractivity contribution in [1.82, 2.24) is 0 Å². The highest BCUT2D eigenvalue weighted by Gasteiger charge is 2.18. The monoisotopic (exact) mass is 247 g/mol. The lowest BCUT2D eigenvalue weighted by atomic mass is 9.94. The molecule has 2 nitrogen and oxygen atoms in total. The highest BCUT2D eigenvalue weighted by molar-refractivity contribution is 5.48. The summed E-state index contributed by atoms with van der Waals surface area (Å²) >= 11 is 0. The molecule has 1 atom stereocenters. The second-order valence-electron chi connectivity index (χ2n) is 5.42. The molecule has 0 saturated heterocycles. The van der Waals surface area contributed by atoms with Crippen LogP contribution in [0.1, 0.15) is 57.1 Å². The van der Waals surface area contributed by atoms with Gasteiger partial charge in [0.25, 0.3) is 0 Å². The number of rotatable bonds is 4. The van der Waals surface area contributed by atoms with E-state index < -0.39 is 0 Å². The van der Waals surface area contributed by atoms with Crippen molar-refractivity contribution in [2.75, 3.05) is 11.9 Å². The minimum atomic E-state index is -0.320. The van der Waals surface area contributed by atoms with Gasteiger partial charge in [-0.2, -0.15) is 0 Å². The predicted octanol–water partition coefficient (Wildman–Crippen LogP) is 3.90. The first-order valence-electron chi connectivity index (χ1n) is 7.23. The van der Waals surface area contributed by atoms with E-state index in [1.807, 2.05) is 6.92 Å². The lowest BCUT2D eigenvalue weighted by Crippen LogP contribution is -2.33. The van der Waals surface area contributed by atoms with Gasteiger partial charge in [0, 0.05) is 18.8 Å². The SMILES string of the molecule is CC[C@H](O)c1ccc(N(C)C2CCCCC2)cc1. The average Bonchev–Trinajstić information content (AvgIpc) is 2.47.